The monoisotopic (exact) mass is 413 g/mol. The zero-order chi connectivity index (χ0) is 20.4. The van der Waals surface area contributed by atoms with Crippen LogP contribution < -0.4 is 10.5 Å². The van der Waals surface area contributed by atoms with Gasteiger partial charge < -0.3 is 9.88 Å². The van der Waals surface area contributed by atoms with E-state index in [0.717, 1.165) is 26.1 Å². The van der Waals surface area contributed by atoms with Crippen LogP contribution in [0.2, 0.25) is 5.02 Å². The van der Waals surface area contributed by atoms with Gasteiger partial charge >= 0.3 is 0 Å². The third kappa shape index (κ3) is 4.23. The lowest BCUT2D eigenvalue weighted by atomic mass is 10.1. The van der Waals surface area contributed by atoms with Gasteiger partial charge in [0.1, 0.15) is 5.69 Å². The van der Waals surface area contributed by atoms with Gasteiger partial charge in [0.2, 0.25) is 0 Å². The molecular weight excluding hydrogens is 394 g/mol. The highest BCUT2D eigenvalue weighted by Crippen LogP contribution is 2.32. The van der Waals surface area contributed by atoms with E-state index < -0.39 is 4.92 Å². The normalized spacial score (nSPS) is 15.4. The molecule has 1 aliphatic rings. The molecular formula is C20H20ClN5O3. The van der Waals surface area contributed by atoms with Crippen LogP contribution in [0.15, 0.2) is 47.5 Å². The molecule has 1 N–H and O–H groups in total. The van der Waals surface area contributed by atoms with Crippen molar-refractivity contribution in [2.75, 3.05) is 31.1 Å². The minimum atomic E-state index is -0.433. The van der Waals surface area contributed by atoms with Crippen LogP contribution in [0.4, 0.5) is 11.4 Å². The molecule has 3 aromatic rings. The summed E-state index contributed by atoms with van der Waals surface area (Å²) >= 11 is 5.96. The average Bonchev–Trinajstić information content (AvgIpc) is 2.94. The first-order valence-corrected chi connectivity index (χ1v) is 9.76. The standard InChI is InChI=1S/C20H20ClN5O3/c21-15-4-2-14(3-5-15)12-24-6-1-7-25(9-8-24)18-11-17-16(10-19(18)26(28)29)20(27)23-13-22-17/h2-5,10-11,13H,1,6-9,12H2,(H,22,23,27). The first-order chi connectivity index (χ1) is 14.0. The van der Waals surface area contributed by atoms with Gasteiger partial charge in [-0.3, -0.25) is 19.8 Å². The minimum Gasteiger partial charge on any atom is -0.365 e. The molecule has 1 fully saturated rings. The number of hydrogen-bond acceptors (Lipinski definition) is 6. The Morgan fingerprint density at radius 3 is 2.69 bits per heavy atom. The van der Waals surface area contributed by atoms with Crippen molar-refractivity contribution in [3.8, 4) is 0 Å². The Balaban J connectivity index is 1.58. The van der Waals surface area contributed by atoms with E-state index in [0.29, 0.717) is 29.3 Å². The van der Waals surface area contributed by atoms with Gasteiger partial charge in [0.05, 0.1) is 22.2 Å². The molecule has 1 aromatic heterocycles. The van der Waals surface area contributed by atoms with Crippen molar-refractivity contribution >= 4 is 33.9 Å². The Bertz CT molecular complexity index is 1100. The molecule has 4 rings (SSSR count). The summed E-state index contributed by atoms with van der Waals surface area (Å²) in [5.74, 6) is 0. The lowest BCUT2D eigenvalue weighted by Crippen LogP contribution is -2.31. The van der Waals surface area contributed by atoms with E-state index in [4.69, 9.17) is 11.6 Å². The summed E-state index contributed by atoms with van der Waals surface area (Å²) < 4.78 is 0. The summed E-state index contributed by atoms with van der Waals surface area (Å²) in [5.41, 5.74) is 1.70. The van der Waals surface area contributed by atoms with E-state index in [1.54, 1.807) is 6.07 Å². The molecule has 150 valence electrons. The molecule has 2 aromatic carbocycles. The number of benzene rings is 2. The summed E-state index contributed by atoms with van der Waals surface area (Å²) in [6.07, 6.45) is 2.20. The third-order valence-corrected chi connectivity index (χ3v) is 5.43. The van der Waals surface area contributed by atoms with Gasteiger partial charge in [-0.15, -0.1) is 0 Å². The molecule has 0 spiro atoms. The number of hydrogen-bond donors (Lipinski definition) is 1. The molecule has 29 heavy (non-hydrogen) atoms. The number of anilines is 1. The molecule has 2 heterocycles. The van der Waals surface area contributed by atoms with Crippen molar-refractivity contribution in [3.05, 3.63) is 73.8 Å². The van der Waals surface area contributed by atoms with Crippen LogP contribution in [-0.2, 0) is 6.54 Å². The van der Waals surface area contributed by atoms with Gasteiger partial charge in [-0.25, -0.2) is 4.98 Å². The van der Waals surface area contributed by atoms with Crippen LogP contribution in [-0.4, -0.2) is 46.0 Å². The summed E-state index contributed by atoms with van der Waals surface area (Å²) in [4.78, 5) is 34.2. The van der Waals surface area contributed by atoms with Gasteiger partial charge in [-0.1, -0.05) is 23.7 Å². The Hall–Kier alpha value is -2.97. The minimum absolute atomic E-state index is 0.0675. The summed E-state index contributed by atoms with van der Waals surface area (Å²) in [6.45, 7) is 3.84. The van der Waals surface area contributed by atoms with Crippen molar-refractivity contribution in [2.45, 2.75) is 13.0 Å². The number of rotatable bonds is 4. The number of nitrogens with one attached hydrogen (secondary N) is 1. The van der Waals surface area contributed by atoms with Crippen LogP contribution in [0.1, 0.15) is 12.0 Å². The number of nitrogens with zero attached hydrogens (tertiary/aromatic N) is 4. The number of nitro groups is 1. The van der Waals surface area contributed by atoms with Crippen LogP contribution in [0, 0.1) is 10.1 Å². The predicted molar refractivity (Wildman–Crippen MR) is 113 cm³/mol. The third-order valence-electron chi connectivity index (χ3n) is 5.18. The first kappa shape index (κ1) is 19.4. The van der Waals surface area contributed by atoms with Gasteiger partial charge in [0.25, 0.3) is 11.2 Å². The largest absolute Gasteiger partial charge is 0.365 e. The fraction of sp³-hybridized carbons (Fsp3) is 0.300. The topological polar surface area (TPSA) is 95.4 Å². The summed E-state index contributed by atoms with van der Waals surface area (Å²) in [5, 5.41) is 12.6. The van der Waals surface area contributed by atoms with Crippen molar-refractivity contribution in [2.24, 2.45) is 0 Å². The van der Waals surface area contributed by atoms with Crippen LogP contribution >= 0.6 is 11.6 Å². The molecule has 0 radical (unpaired) electrons. The van der Waals surface area contributed by atoms with Crippen molar-refractivity contribution < 1.29 is 4.92 Å². The van der Waals surface area contributed by atoms with E-state index in [2.05, 4.69) is 14.9 Å². The Morgan fingerprint density at radius 1 is 1.14 bits per heavy atom. The fourth-order valence-electron chi connectivity index (χ4n) is 3.71. The Kier molecular flexibility index (Phi) is 5.46. The van der Waals surface area contributed by atoms with Crippen LogP contribution in [0.3, 0.4) is 0 Å². The highest BCUT2D eigenvalue weighted by molar-refractivity contribution is 6.30. The Labute approximate surface area is 171 Å². The maximum atomic E-state index is 12.0. The van der Waals surface area contributed by atoms with Crippen molar-refractivity contribution in [3.63, 3.8) is 0 Å². The lowest BCUT2D eigenvalue weighted by Gasteiger charge is -2.23. The molecule has 0 unspecified atom stereocenters. The maximum absolute atomic E-state index is 12.0. The molecule has 8 nitrogen and oxygen atoms in total. The summed E-state index contributed by atoms with van der Waals surface area (Å²) in [6, 6.07) is 10.8. The number of aromatic nitrogens is 2. The van der Waals surface area contributed by atoms with E-state index in [1.165, 1.54) is 18.0 Å². The molecule has 0 bridgehead atoms. The van der Waals surface area contributed by atoms with Crippen molar-refractivity contribution in [1.82, 2.24) is 14.9 Å². The second-order valence-electron chi connectivity index (χ2n) is 7.09. The number of halogens is 1. The maximum Gasteiger partial charge on any atom is 0.293 e. The SMILES string of the molecule is O=c1[nH]cnc2cc(N3CCCN(Cc4ccc(Cl)cc4)CC3)c([N+](=O)[O-])cc12. The first-order valence-electron chi connectivity index (χ1n) is 9.39. The number of aromatic amines is 1. The number of fused-ring (bicyclic) bond motifs is 1. The summed E-state index contributed by atoms with van der Waals surface area (Å²) in [7, 11) is 0. The molecule has 0 amide bonds. The smallest absolute Gasteiger partial charge is 0.293 e. The highest BCUT2D eigenvalue weighted by atomic mass is 35.5. The van der Waals surface area contributed by atoms with E-state index in [-0.39, 0.29) is 16.6 Å². The quantitative estimate of drug-likeness (QED) is 0.521. The molecule has 0 atom stereocenters. The second-order valence-corrected chi connectivity index (χ2v) is 7.53. The molecule has 9 heteroatoms. The highest BCUT2D eigenvalue weighted by Gasteiger charge is 2.24. The zero-order valence-electron chi connectivity index (χ0n) is 15.7. The van der Waals surface area contributed by atoms with Crippen molar-refractivity contribution in [1.29, 1.82) is 0 Å². The number of H-pyrrole nitrogens is 1. The predicted octanol–water partition coefficient (Wildman–Crippen LogP) is 3.20. The zero-order valence-corrected chi connectivity index (χ0v) is 16.4. The van der Waals surface area contributed by atoms with E-state index >= 15 is 0 Å². The molecule has 0 saturated carbocycles. The van der Waals surface area contributed by atoms with E-state index in [9.17, 15) is 14.9 Å². The van der Waals surface area contributed by atoms with Crippen LogP contribution in [0.25, 0.3) is 10.9 Å². The van der Waals surface area contributed by atoms with Gasteiger partial charge in [-0.2, -0.15) is 0 Å². The van der Waals surface area contributed by atoms with Gasteiger partial charge in [0, 0.05) is 43.8 Å². The van der Waals surface area contributed by atoms with Gasteiger partial charge in [-0.05, 0) is 30.2 Å². The lowest BCUT2D eigenvalue weighted by molar-refractivity contribution is -0.384. The van der Waals surface area contributed by atoms with Gasteiger partial charge in [0.15, 0.2) is 0 Å². The average molecular weight is 414 g/mol. The molecule has 1 saturated heterocycles. The second kappa shape index (κ2) is 8.18. The van der Waals surface area contributed by atoms with Crippen LogP contribution in [0.5, 0.6) is 0 Å². The molecule has 1 aliphatic heterocycles. The Morgan fingerprint density at radius 2 is 1.93 bits per heavy atom. The van der Waals surface area contributed by atoms with E-state index in [1.807, 2.05) is 29.2 Å². The number of nitro benzene ring substituents is 1. The fourth-order valence-corrected chi connectivity index (χ4v) is 3.84. The molecule has 0 aliphatic carbocycles.